The number of halogens is 1. The van der Waals surface area contributed by atoms with Crippen LogP contribution in [0.15, 0.2) is 18.2 Å². The van der Waals surface area contributed by atoms with Gasteiger partial charge in [-0.05, 0) is 48.9 Å². The van der Waals surface area contributed by atoms with Crippen LogP contribution in [0.1, 0.15) is 43.2 Å². The highest BCUT2D eigenvalue weighted by Gasteiger charge is 2.19. The second-order valence-electron chi connectivity index (χ2n) is 5.31. The Balaban J connectivity index is 1.90. The Labute approximate surface area is 103 Å². The van der Waals surface area contributed by atoms with Gasteiger partial charge >= 0.3 is 0 Å². The van der Waals surface area contributed by atoms with E-state index in [1.807, 2.05) is 6.92 Å². The van der Waals surface area contributed by atoms with Gasteiger partial charge in [0.25, 0.3) is 0 Å². The largest absolute Gasteiger partial charge is 0.393 e. The van der Waals surface area contributed by atoms with Crippen molar-refractivity contribution in [3.8, 4) is 0 Å². The Hall–Kier alpha value is -0.890. The third-order valence-corrected chi connectivity index (χ3v) is 3.84. The van der Waals surface area contributed by atoms with Gasteiger partial charge in [0.15, 0.2) is 0 Å². The maximum atomic E-state index is 12.9. The molecular formula is C15H21FO. The summed E-state index contributed by atoms with van der Waals surface area (Å²) in [6, 6.07) is 4.81. The molecule has 1 unspecified atom stereocenters. The lowest BCUT2D eigenvalue weighted by Crippen LogP contribution is -2.15. The lowest BCUT2D eigenvalue weighted by Gasteiger charge is -2.16. The molecule has 0 bridgehead atoms. The number of aryl methyl sites for hydroxylation is 1. The van der Waals surface area contributed by atoms with Crippen LogP contribution in [0.2, 0.25) is 0 Å². The molecule has 1 N–H and O–H groups in total. The SMILES string of the molecule is Cc1cc(F)ccc1CC(O)CC1CCCC1. The van der Waals surface area contributed by atoms with Gasteiger partial charge in [-0.15, -0.1) is 0 Å². The van der Waals surface area contributed by atoms with Crippen molar-refractivity contribution in [1.82, 2.24) is 0 Å². The molecule has 0 amide bonds. The van der Waals surface area contributed by atoms with E-state index >= 15 is 0 Å². The Morgan fingerprint density at radius 1 is 1.35 bits per heavy atom. The highest BCUT2D eigenvalue weighted by Crippen LogP contribution is 2.29. The highest BCUT2D eigenvalue weighted by molar-refractivity contribution is 5.27. The first kappa shape index (κ1) is 12.6. The van der Waals surface area contributed by atoms with E-state index in [1.54, 1.807) is 6.07 Å². The molecule has 1 aliphatic rings. The van der Waals surface area contributed by atoms with Crippen LogP contribution in [0.25, 0.3) is 0 Å². The van der Waals surface area contributed by atoms with Crippen LogP contribution in [-0.2, 0) is 6.42 Å². The van der Waals surface area contributed by atoms with Gasteiger partial charge in [-0.1, -0.05) is 31.7 Å². The van der Waals surface area contributed by atoms with Gasteiger partial charge in [0.1, 0.15) is 5.82 Å². The molecule has 1 nitrogen and oxygen atoms in total. The molecule has 1 aliphatic carbocycles. The quantitative estimate of drug-likeness (QED) is 0.846. The zero-order valence-electron chi connectivity index (χ0n) is 10.5. The lowest BCUT2D eigenvalue weighted by molar-refractivity contribution is 0.143. The fourth-order valence-electron chi connectivity index (χ4n) is 2.86. The number of hydrogen-bond donors (Lipinski definition) is 1. The van der Waals surface area contributed by atoms with Crippen LogP contribution in [0.4, 0.5) is 4.39 Å². The smallest absolute Gasteiger partial charge is 0.123 e. The monoisotopic (exact) mass is 236 g/mol. The van der Waals surface area contributed by atoms with Gasteiger partial charge in [-0.3, -0.25) is 0 Å². The van der Waals surface area contributed by atoms with Gasteiger partial charge in [-0.25, -0.2) is 4.39 Å². The summed E-state index contributed by atoms with van der Waals surface area (Å²) in [6.07, 6.45) is 6.43. The number of aliphatic hydroxyl groups excluding tert-OH is 1. The standard InChI is InChI=1S/C15H21FO/c1-11-8-14(16)7-6-13(11)10-15(17)9-12-4-2-3-5-12/h6-8,12,15,17H,2-5,9-10H2,1H3. The predicted octanol–water partition coefficient (Wildman–Crippen LogP) is 3.62. The molecule has 94 valence electrons. The molecule has 0 heterocycles. The zero-order valence-corrected chi connectivity index (χ0v) is 10.5. The van der Waals surface area contributed by atoms with E-state index in [0.717, 1.165) is 17.5 Å². The highest BCUT2D eigenvalue weighted by atomic mass is 19.1. The Morgan fingerprint density at radius 3 is 2.71 bits per heavy atom. The Morgan fingerprint density at radius 2 is 2.06 bits per heavy atom. The molecular weight excluding hydrogens is 215 g/mol. The minimum Gasteiger partial charge on any atom is -0.393 e. The summed E-state index contributed by atoms with van der Waals surface area (Å²) in [6.45, 7) is 1.90. The molecule has 0 aromatic heterocycles. The molecule has 1 atom stereocenters. The van der Waals surface area contributed by atoms with E-state index in [0.29, 0.717) is 12.3 Å². The van der Waals surface area contributed by atoms with Gasteiger partial charge in [-0.2, -0.15) is 0 Å². The summed E-state index contributed by atoms with van der Waals surface area (Å²) in [5.41, 5.74) is 2.01. The van der Waals surface area contributed by atoms with Gasteiger partial charge in [0.2, 0.25) is 0 Å². The molecule has 1 saturated carbocycles. The first-order valence-electron chi connectivity index (χ1n) is 6.58. The van der Waals surface area contributed by atoms with Crippen LogP contribution in [0.5, 0.6) is 0 Å². The second-order valence-corrected chi connectivity index (χ2v) is 5.31. The summed E-state index contributed by atoms with van der Waals surface area (Å²) in [7, 11) is 0. The van der Waals surface area contributed by atoms with Crippen molar-refractivity contribution in [2.75, 3.05) is 0 Å². The molecule has 0 spiro atoms. The van der Waals surface area contributed by atoms with Crippen molar-refractivity contribution >= 4 is 0 Å². The van der Waals surface area contributed by atoms with Gasteiger partial charge in [0.05, 0.1) is 6.10 Å². The molecule has 2 rings (SSSR count). The topological polar surface area (TPSA) is 20.2 Å². The van der Waals surface area contributed by atoms with Crippen molar-refractivity contribution in [2.24, 2.45) is 5.92 Å². The summed E-state index contributed by atoms with van der Waals surface area (Å²) in [5.74, 6) is 0.502. The second kappa shape index (κ2) is 5.63. The van der Waals surface area contributed by atoms with E-state index in [9.17, 15) is 9.50 Å². The molecule has 1 aromatic rings. The summed E-state index contributed by atoms with van der Waals surface area (Å²) in [4.78, 5) is 0. The van der Waals surface area contributed by atoms with E-state index in [-0.39, 0.29) is 11.9 Å². The normalized spacial score (nSPS) is 18.5. The third kappa shape index (κ3) is 3.53. The molecule has 17 heavy (non-hydrogen) atoms. The Kier molecular flexibility index (Phi) is 4.16. The molecule has 0 saturated heterocycles. The summed E-state index contributed by atoms with van der Waals surface area (Å²) in [5, 5.41) is 10.1. The Bertz CT molecular complexity index is 369. The average Bonchev–Trinajstić information content (AvgIpc) is 2.75. The van der Waals surface area contributed by atoms with Crippen LogP contribution in [0, 0.1) is 18.7 Å². The fraction of sp³-hybridized carbons (Fsp3) is 0.600. The van der Waals surface area contributed by atoms with E-state index in [4.69, 9.17) is 0 Å². The van der Waals surface area contributed by atoms with Crippen molar-refractivity contribution in [3.05, 3.63) is 35.1 Å². The minimum absolute atomic E-state index is 0.198. The third-order valence-electron chi connectivity index (χ3n) is 3.84. The number of benzene rings is 1. The summed E-state index contributed by atoms with van der Waals surface area (Å²) >= 11 is 0. The molecule has 0 radical (unpaired) electrons. The van der Waals surface area contributed by atoms with Crippen LogP contribution >= 0.6 is 0 Å². The van der Waals surface area contributed by atoms with E-state index in [2.05, 4.69) is 0 Å². The molecule has 1 aromatic carbocycles. The van der Waals surface area contributed by atoms with E-state index < -0.39 is 0 Å². The van der Waals surface area contributed by atoms with Crippen molar-refractivity contribution in [1.29, 1.82) is 0 Å². The number of rotatable bonds is 4. The van der Waals surface area contributed by atoms with Crippen LogP contribution in [-0.4, -0.2) is 11.2 Å². The lowest BCUT2D eigenvalue weighted by atomic mass is 9.94. The molecule has 0 aliphatic heterocycles. The predicted molar refractivity (Wildman–Crippen MR) is 67.4 cm³/mol. The van der Waals surface area contributed by atoms with Crippen molar-refractivity contribution in [3.63, 3.8) is 0 Å². The van der Waals surface area contributed by atoms with Crippen LogP contribution in [0.3, 0.4) is 0 Å². The van der Waals surface area contributed by atoms with E-state index in [1.165, 1.54) is 37.8 Å². The van der Waals surface area contributed by atoms with Crippen LogP contribution < -0.4 is 0 Å². The first-order valence-corrected chi connectivity index (χ1v) is 6.58. The van der Waals surface area contributed by atoms with Crippen molar-refractivity contribution in [2.45, 2.75) is 51.6 Å². The molecule has 2 heteroatoms. The van der Waals surface area contributed by atoms with Gasteiger partial charge < -0.3 is 5.11 Å². The zero-order chi connectivity index (χ0) is 12.3. The van der Waals surface area contributed by atoms with Gasteiger partial charge in [0, 0.05) is 0 Å². The summed E-state index contributed by atoms with van der Waals surface area (Å²) < 4.78 is 12.9. The maximum absolute atomic E-state index is 12.9. The maximum Gasteiger partial charge on any atom is 0.123 e. The molecule has 1 fully saturated rings. The fourth-order valence-corrected chi connectivity index (χ4v) is 2.86. The van der Waals surface area contributed by atoms with Crippen molar-refractivity contribution < 1.29 is 9.50 Å². The number of aliphatic hydroxyl groups is 1. The number of hydrogen-bond acceptors (Lipinski definition) is 1. The first-order chi connectivity index (χ1) is 8.15. The minimum atomic E-state index is -0.276. The average molecular weight is 236 g/mol.